The Bertz CT molecular complexity index is 990. The fraction of sp³-hybridized carbons (Fsp3) is 0.176. The van der Waals surface area contributed by atoms with Crippen molar-refractivity contribution in [1.82, 2.24) is 19.3 Å². The normalized spacial score (nSPS) is 11.5. The quantitative estimate of drug-likeness (QED) is 0.604. The second kappa shape index (κ2) is 7.86. The van der Waals surface area contributed by atoms with Crippen LogP contribution in [-0.4, -0.2) is 36.0 Å². The van der Waals surface area contributed by atoms with Gasteiger partial charge in [-0.1, -0.05) is 17.7 Å². The van der Waals surface area contributed by atoms with E-state index in [9.17, 15) is 8.42 Å². The van der Waals surface area contributed by atoms with Crippen LogP contribution >= 0.6 is 11.6 Å². The highest BCUT2D eigenvalue weighted by molar-refractivity contribution is 7.89. The van der Waals surface area contributed by atoms with Crippen molar-refractivity contribution < 1.29 is 8.42 Å². The molecule has 0 atom stereocenters. The van der Waals surface area contributed by atoms with Gasteiger partial charge in [-0.15, -0.1) is 0 Å². The van der Waals surface area contributed by atoms with E-state index in [0.29, 0.717) is 23.2 Å². The van der Waals surface area contributed by atoms with Crippen molar-refractivity contribution in [3.63, 3.8) is 0 Å². The smallest absolute Gasteiger partial charge is 0.240 e. The van der Waals surface area contributed by atoms with Crippen molar-refractivity contribution in [2.45, 2.75) is 11.8 Å². The predicted octanol–water partition coefficient (Wildman–Crippen LogP) is 2.62. The van der Waals surface area contributed by atoms with E-state index in [2.05, 4.69) is 20.0 Å². The Kier molecular flexibility index (Phi) is 5.55. The molecule has 0 spiro atoms. The summed E-state index contributed by atoms with van der Waals surface area (Å²) in [6, 6.07) is 11.8. The molecule has 0 aliphatic carbocycles. The number of hydrogen-bond acceptors (Lipinski definition) is 5. The Morgan fingerprint density at radius 1 is 1.08 bits per heavy atom. The summed E-state index contributed by atoms with van der Waals surface area (Å²) in [5.41, 5.74) is 0. The second-order valence-corrected chi connectivity index (χ2v) is 7.73. The molecule has 0 amide bonds. The average Bonchev–Trinajstić information content (AvgIpc) is 3.13. The first-order chi connectivity index (χ1) is 12.4. The van der Waals surface area contributed by atoms with E-state index in [-0.39, 0.29) is 11.4 Å². The van der Waals surface area contributed by atoms with Gasteiger partial charge in [-0.05, 0) is 37.3 Å². The third kappa shape index (κ3) is 4.60. The van der Waals surface area contributed by atoms with Crippen molar-refractivity contribution in [1.29, 1.82) is 0 Å². The lowest BCUT2D eigenvalue weighted by atomic mass is 10.4. The first-order valence-electron chi connectivity index (χ1n) is 7.92. The molecule has 0 saturated carbocycles. The summed E-state index contributed by atoms with van der Waals surface area (Å²) >= 11 is 5.84. The Labute approximate surface area is 157 Å². The highest BCUT2D eigenvalue weighted by atomic mass is 35.5. The first kappa shape index (κ1) is 18.4. The van der Waals surface area contributed by atoms with Crippen LogP contribution in [0.2, 0.25) is 5.02 Å². The molecule has 3 rings (SSSR count). The van der Waals surface area contributed by atoms with E-state index in [0.717, 1.165) is 5.82 Å². The van der Waals surface area contributed by atoms with Crippen molar-refractivity contribution in [3.8, 4) is 5.82 Å². The number of nitrogens with one attached hydrogen (secondary N) is 2. The second-order valence-electron chi connectivity index (χ2n) is 5.53. The molecule has 0 radical (unpaired) electrons. The summed E-state index contributed by atoms with van der Waals surface area (Å²) in [6.07, 6.45) is 3.79. The third-order valence-electron chi connectivity index (χ3n) is 3.52. The SMILES string of the molecule is Cc1nc(NCCNS(=O)(=O)c2cccc(Cl)c2)cc(-n2cccc2)n1. The Hall–Kier alpha value is -2.42. The molecule has 0 aliphatic rings. The molecule has 9 heteroatoms. The van der Waals surface area contributed by atoms with E-state index in [1.165, 1.54) is 12.1 Å². The number of anilines is 1. The summed E-state index contributed by atoms with van der Waals surface area (Å²) in [6.45, 7) is 2.39. The number of aryl methyl sites for hydroxylation is 1. The van der Waals surface area contributed by atoms with Gasteiger partial charge in [0.1, 0.15) is 17.5 Å². The third-order valence-corrected chi connectivity index (χ3v) is 5.22. The fourth-order valence-corrected chi connectivity index (χ4v) is 3.69. The molecule has 2 N–H and O–H groups in total. The zero-order valence-electron chi connectivity index (χ0n) is 14.1. The summed E-state index contributed by atoms with van der Waals surface area (Å²) in [5.74, 6) is 1.99. The standard InChI is InChI=1S/C17H18ClN5O2S/c1-13-21-16(12-17(22-13)23-9-2-3-10-23)19-7-8-20-26(24,25)15-6-4-5-14(18)11-15/h2-6,9-12,20H,7-8H2,1H3,(H,19,21,22). The molecule has 136 valence electrons. The van der Waals surface area contributed by atoms with Crippen molar-refractivity contribution >= 4 is 27.4 Å². The van der Waals surface area contributed by atoms with Crippen LogP contribution in [0.4, 0.5) is 5.82 Å². The molecule has 0 fully saturated rings. The van der Waals surface area contributed by atoms with Gasteiger partial charge < -0.3 is 9.88 Å². The van der Waals surface area contributed by atoms with Crippen LogP contribution in [0.15, 0.2) is 59.8 Å². The molecule has 2 aromatic heterocycles. The highest BCUT2D eigenvalue weighted by Crippen LogP contribution is 2.15. The predicted molar refractivity (Wildman–Crippen MR) is 101 cm³/mol. The van der Waals surface area contributed by atoms with Gasteiger partial charge in [-0.3, -0.25) is 0 Å². The molecule has 0 bridgehead atoms. The average molecular weight is 392 g/mol. The van der Waals surface area contributed by atoms with E-state index < -0.39 is 10.0 Å². The van der Waals surface area contributed by atoms with Gasteiger partial charge in [0.15, 0.2) is 0 Å². The summed E-state index contributed by atoms with van der Waals surface area (Å²) in [5, 5.41) is 3.48. The van der Waals surface area contributed by atoms with Crippen LogP contribution in [0.1, 0.15) is 5.82 Å². The van der Waals surface area contributed by atoms with Crippen molar-refractivity contribution in [3.05, 3.63) is 65.7 Å². The fourth-order valence-electron chi connectivity index (χ4n) is 2.36. The minimum absolute atomic E-state index is 0.137. The molecule has 0 saturated heterocycles. The number of sulfonamides is 1. The molecule has 2 heterocycles. The highest BCUT2D eigenvalue weighted by Gasteiger charge is 2.13. The van der Waals surface area contributed by atoms with Crippen LogP contribution in [0.25, 0.3) is 5.82 Å². The van der Waals surface area contributed by atoms with E-state index in [1.807, 2.05) is 29.1 Å². The topological polar surface area (TPSA) is 88.9 Å². The number of rotatable bonds is 7. The van der Waals surface area contributed by atoms with E-state index in [4.69, 9.17) is 11.6 Å². The van der Waals surface area contributed by atoms with Gasteiger partial charge in [-0.2, -0.15) is 0 Å². The molecule has 3 aromatic rings. The van der Waals surface area contributed by atoms with Crippen LogP contribution in [0.3, 0.4) is 0 Å². The zero-order chi connectivity index (χ0) is 18.6. The maximum absolute atomic E-state index is 12.2. The van der Waals surface area contributed by atoms with Crippen molar-refractivity contribution in [2.75, 3.05) is 18.4 Å². The monoisotopic (exact) mass is 391 g/mol. The minimum atomic E-state index is -3.60. The van der Waals surface area contributed by atoms with Gasteiger partial charge in [0.2, 0.25) is 10.0 Å². The lowest BCUT2D eigenvalue weighted by Crippen LogP contribution is -2.29. The van der Waals surface area contributed by atoms with Crippen LogP contribution < -0.4 is 10.0 Å². The van der Waals surface area contributed by atoms with Gasteiger partial charge in [0.25, 0.3) is 0 Å². The number of halogens is 1. The molecule has 26 heavy (non-hydrogen) atoms. The molecule has 0 aliphatic heterocycles. The zero-order valence-corrected chi connectivity index (χ0v) is 15.6. The molecule has 1 aromatic carbocycles. The maximum Gasteiger partial charge on any atom is 0.240 e. The largest absolute Gasteiger partial charge is 0.369 e. The van der Waals surface area contributed by atoms with Gasteiger partial charge >= 0.3 is 0 Å². The molecule has 7 nitrogen and oxygen atoms in total. The van der Waals surface area contributed by atoms with Gasteiger partial charge in [0, 0.05) is 36.6 Å². The maximum atomic E-state index is 12.2. The first-order valence-corrected chi connectivity index (χ1v) is 9.78. The van der Waals surface area contributed by atoms with Crippen LogP contribution in [0.5, 0.6) is 0 Å². The molecular weight excluding hydrogens is 374 g/mol. The lowest BCUT2D eigenvalue weighted by Gasteiger charge is -2.10. The van der Waals surface area contributed by atoms with Crippen LogP contribution in [0, 0.1) is 6.92 Å². The summed E-state index contributed by atoms with van der Waals surface area (Å²) < 4.78 is 28.9. The number of aromatic nitrogens is 3. The summed E-state index contributed by atoms with van der Waals surface area (Å²) in [4.78, 5) is 8.83. The lowest BCUT2D eigenvalue weighted by molar-refractivity contribution is 0.583. The Morgan fingerprint density at radius 2 is 1.85 bits per heavy atom. The van der Waals surface area contributed by atoms with Gasteiger partial charge in [-0.25, -0.2) is 23.1 Å². The Morgan fingerprint density at radius 3 is 2.58 bits per heavy atom. The number of hydrogen-bond donors (Lipinski definition) is 2. The van der Waals surface area contributed by atoms with Crippen molar-refractivity contribution in [2.24, 2.45) is 0 Å². The molecule has 0 unspecified atom stereocenters. The van der Waals surface area contributed by atoms with Crippen LogP contribution in [-0.2, 0) is 10.0 Å². The minimum Gasteiger partial charge on any atom is -0.369 e. The van der Waals surface area contributed by atoms with Gasteiger partial charge in [0.05, 0.1) is 4.90 Å². The summed E-state index contributed by atoms with van der Waals surface area (Å²) in [7, 11) is -3.60. The Balaban J connectivity index is 1.60. The van der Waals surface area contributed by atoms with E-state index >= 15 is 0 Å². The molecular formula is C17H18ClN5O2S. The van der Waals surface area contributed by atoms with E-state index in [1.54, 1.807) is 25.1 Å². The number of nitrogens with zero attached hydrogens (tertiary/aromatic N) is 3. The number of benzene rings is 1.